The third kappa shape index (κ3) is 4.28. The fourth-order valence-corrected chi connectivity index (χ4v) is 2.40. The van der Waals surface area contributed by atoms with Crippen molar-refractivity contribution in [3.05, 3.63) is 60.2 Å². The molecule has 4 N–H and O–H groups in total. The topological polar surface area (TPSA) is 58.3 Å². The molecule has 100 valence electrons. The molecule has 1 unspecified atom stereocenters. The van der Waals surface area contributed by atoms with Crippen molar-refractivity contribution in [2.75, 3.05) is 11.3 Å². The van der Waals surface area contributed by atoms with Gasteiger partial charge in [0.05, 0.1) is 6.10 Å². The van der Waals surface area contributed by atoms with Crippen LogP contribution in [0.1, 0.15) is 18.1 Å². The van der Waals surface area contributed by atoms with Crippen LogP contribution in [-0.4, -0.2) is 11.7 Å². The Hall–Kier alpha value is -1.49. The Kier molecular flexibility index (Phi) is 5.27. The molecule has 4 heteroatoms. The molecule has 2 aromatic carbocycles. The third-order valence-electron chi connectivity index (χ3n) is 2.74. The lowest BCUT2D eigenvalue weighted by Crippen LogP contribution is -2.06. The second-order valence-electron chi connectivity index (χ2n) is 4.24. The van der Waals surface area contributed by atoms with Gasteiger partial charge in [-0.05, 0) is 54.7 Å². The van der Waals surface area contributed by atoms with E-state index >= 15 is 0 Å². The molecule has 2 rings (SSSR count). The van der Waals surface area contributed by atoms with E-state index < -0.39 is 6.10 Å². The summed E-state index contributed by atoms with van der Waals surface area (Å²) in [5.41, 5.74) is 7.33. The van der Waals surface area contributed by atoms with Crippen LogP contribution < -0.4 is 10.5 Å². The van der Waals surface area contributed by atoms with E-state index in [0.29, 0.717) is 13.0 Å². The zero-order valence-corrected chi connectivity index (χ0v) is 11.4. The maximum atomic E-state index is 9.92. The molecule has 0 fully saturated rings. The highest BCUT2D eigenvalue weighted by molar-refractivity contribution is 8.00. The van der Waals surface area contributed by atoms with Crippen molar-refractivity contribution in [1.29, 1.82) is 0 Å². The van der Waals surface area contributed by atoms with Crippen molar-refractivity contribution in [3.63, 3.8) is 0 Å². The van der Waals surface area contributed by atoms with Crippen molar-refractivity contribution in [1.82, 2.24) is 0 Å². The zero-order chi connectivity index (χ0) is 13.5. The fraction of sp³-hybridized carbons (Fsp3) is 0.200. The number of rotatable bonds is 6. The van der Waals surface area contributed by atoms with Gasteiger partial charge in [0.1, 0.15) is 0 Å². The Balaban J connectivity index is 1.99. The monoisotopic (exact) mass is 274 g/mol. The summed E-state index contributed by atoms with van der Waals surface area (Å²) in [7, 11) is 0. The Labute approximate surface area is 118 Å². The summed E-state index contributed by atoms with van der Waals surface area (Å²) in [6.07, 6.45) is 0.0865. The molecule has 19 heavy (non-hydrogen) atoms. The van der Waals surface area contributed by atoms with Crippen LogP contribution in [0.3, 0.4) is 0 Å². The van der Waals surface area contributed by atoms with Gasteiger partial charge in [-0.15, -0.1) is 0 Å². The van der Waals surface area contributed by atoms with Gasteiger partial charge in [-0.2, -0.15) is 0 Å². The average Bonchev–Trinajstić information content (AvgIpc) is 2.47. The molecule has 0 aliphatic heterocycles. The fourth-order valence-electron chi connectivity index (χ4n) is 1.74. The second kappa shape index (κ2) is 7.19. The van der Waals surface area contributed by atoms with Crippen molar-refractivity contribution >= 4 is 17.6 Å². The van der Waals surface area contributed by atoms with E-state index in [2.05, 4.69) is 4.72 Å². The molecule has 0 aliphatic carbocycles. The molecule has 0 saturated carbocycles. The first kappa shape index (κ1) is 13.9. The zero-order valence-electron chi connectivity index (χ0n) is 10.6. The number of aliphatic hydroxyl groups is 1. The molecule has 0 aliphatic rings. The molecule has 0 saturated heterocycles. The molecule has 0 bridgehead atoms. The van der Waals surface area contributed by atoms with E-state index in [1.165, 1.54) is 0 Å². The maximum absolute atomic E-state index is 9.92. The molecule has 0 amide bonds. The third-order valence-corrected chi connectivity index (χ3v) is 3.59. The van der Waals surface area contributed by atoms with E-state index in [1.54, 1.807) is 11.9 Å². The van der Waals surface area contributed by atoms with Crippen molar-refractivity contribution < 1.29 is 5.11 Å². The minimum absolute atomic E-state index is 0.484. The quantitative estimate of drug-likeness (QED) is 0.708. The van der Waals surface area contributed by atoms with Gasteiger partial charge in [0.25, 0.3) is 0 Å². The van der Waals surface area contributed by atoms with E-state index in [0.717, 1.165) is 16.1 Å². The summed E-state index contributed by atoms with van der Waals surface area (Å²) in [6, 6.07) is 17.9. The Morgan fingerprint density at radius 2 is 1.89 bits per heavy atom. The van der Waals surface area contributed by atoms with Crippen LogP contribution in [0.2, 0.25) is 0 Å². The van der Waals surface area contributed by atoms with Crippen LogP contribution in [0, 0.1) is 0 Å². The molecule has 2 aromatic rings. The highest BCUT2D eigenvalue weighted by atomic mass is 32.2. The van der Waals surface area contributed by atoms with Gasteiger partial charge in [0.2, 0.25) is 0 Å². The molecule has 0 aromatic heterocycles. The van der Waals surface area contributed by atoms with Crippen LogP contribution in [-0.2, 0) is 0 Å². The lowest BCUT2D eigenvalue weighted by atomic mass is 10.1. The number of nitrogens with two attached hydrogens (primary N) is 1. The first-order valence-corrected chi connectivity index (χ1v) is 7.07. The first-order chi connectivity index (χ1) is 9.29. The minimum atomic E-state index is -0.492. The normalized spacial score (nSPS) is 12.1. The van der Waals surface area contributed by atoms with E-state index in [-0.39, 0.29) is 0 Å². The molecule has 0 heterocycles. The molecular formula is C15H18N2OS. The number of hydrogen-bond donors (Lipinski definition) is 3. The van der Waals surface area contributed by atoms with Crippen molar-refractivity contribution in [2.24, 2.45) is 5.73 Å². The van der Waals surface area contributed by atoms with Crippen LogP contribution in [0.15, 0.2) is 59.5 Å². The molecule has 0 radical (unpaired) electrons. The van der Waals surface area contributed by atoms with Gasteiger partial charge >= 0.3 is 0 Å². The van der Waals surface area contributed by atoms with Gasteiger partial charge in [-0.25, -0.2) is 0 Å². The van der Waals surface area contributed by atoms with E-state index in [4.69, 9.17) is 5.73 Å². The van der Waals surface area contributed by atoms with Gasteiger partial charge in [0, 0.05) is 10.6 Å². The number of nitrogens with one attached hydrogen (secondary N) is 1. The predicted octanol–water partition coefficient (Wildman–Crippen LogP) is 3.19. The predicted molar refractivity (Wildman–Crippen MR) is 81.0 cm³/mol. The smallest absolute Gasteiger partial charge is 0.0802 e. The Morgan fingerprint density at radius 3 is 2.63 bits per heavy atom. The number of hydrogen-bond acceptors (Lipinski definition) is 4. The summed E-state index contributed by atoms with van der Waals surface area (Å²) < 4.78 is 3.27. The van der Waals surface area contributed by atoms with Crippen LogP contribution in [0.25, 0.3) is 0 Å². The minimum Gasteiger partial charge on any atom is -0.388 e. The summed E-state index contributed by atoms with van der Waals surface area (Å²) in [4.78, 5) is 1.15. The number of anilines is 1. The summed E-state index contributed by atoms with van der Waals surface area (Å²) >= 11 is 1.55. The lowest BCUT2D eigenvalue weighted by Gasteiger charge is -2.12. The molecule has 3 nitrogen and oxygen atoms in total. The molecule has 1 atom stereocenters. The van der Waals surface area contributed by atoms with Crippen molar-refractivity contribution in [3.8, 4) is 0 Å². The van der Waals surface area contributed by atoms with Gasteiger partial charge < -0.3 is 15.6 Å². The Morgan fingerprint density at radius 1 is 1.11 bits per heavy atom. The maximum Gasteiger partial charge on any atom is 0.0802 e. The second-order valence-corrected chi connectivity index (χ2v) is 5.12. The summed E-state index contributed by atoms with van der Waals surface area (Å²) in [5, 5.41) is 9.92. The average molecular weight is 274 g/mol. The lowest BCUT2D eigenvalue weighted by molar-refractivity contribution is 0.170. The SMILES string of the molecule is NCCC(O)c1cccc(NSc2ccccc2)c1. The van der Waals surface area contributed by atoms with Gasteiger partial charge in [0.15, 0.2) is 0 Å². The highest BCUT2D eigenvalue weighted by Gasteiger charge is 2.06. The first-order valence-electron chi connectivity index (χ1n) is 6.25. The van der Waals surface area contributed by atoms with Crippen molar-refractivity contribution in [2.45, 2.75) is 17.4 Å². The highest BCUT2D eigenvalue weighted by Crippen LogP contribution is 2.24. The summed E-state index contributed by atoms with van der Waals surface area (Å²) in [6.45, 7) is 0.484. The van der Waals surface area contributed by atoms with Gasteiger partial charge in [-0.1, -0.05) is 30.3 Å². The Bertz CT molecular complexity index is 505. The van der Waals surface area contributed by atoms with Crippen LogP contribution in [0.4, 0.5) is 5.69 Å². The van der Waals surface area contributed by atoms with Gasteiger partial charge in [-0.3, -0.25) is 0 Å². The van der Waals surface area contributed by atoms with E-state index in [9.17, 15) is 5.11 Å². The molecular weight excluding hydrogens is 256 g/mol. The standard InChI is InChI=1S/C15H18N2OS/c16-10-9-15(18)12-5-4-6-13(11-12)17-19-14-7-2-1-3-8-14/h1-8,11,15,17-18H,9-10,16H2. The van der Waals surface area contributed by atoms with E-state index in [1.807, 2.05) is 54.6 Å². The largest absolute Gasteiger partial charge is 0.388 e. The number of aliphatic hydroxyl groups excluding tert-OH is 1. The number of benzene rings is 2. The summed E-state index contributed by atoms with van der Waals surface area (Å²) in [5.74, 6) is 0. The van der Waals surface area contributed by atoms with Crippen LogP contribution >= 0.6 is 11.9 Å². The van der Waals surface area contributed by atoms with Crippen LogP contribution in [0.5, 0.6) is 0 Å². The molecule has 0 spiro atoms.